The number of benzene rings is 2. The first kappa shape index (κ1) is 14.1. The molecule has 0 saturated carbocycles. The second kappa shape index (κ2) is 5.78. The number of aromatic hydroxyl groups is 2. The third-order valence-electron chi connectivity index (χ3n) is 2.48. The van der Waals surface area contributed by atoms with Crippen molar-refractivity contribution in [3.63, 3.8) is 0 Å². The molecule has 0 saturated heterocycles. The Morgan fingerprint density at radius 3 is 2.24 bits per heavy atom. The first-order valence-corrected chi connectivity index (χ1v) is 5.79. The number of anilines is 2. The third-order valence-corrected chi connectivity index (χ3v) is 2.48. The molecule has 0 bridgehead atoms. The summed E-state index contributed by atoms with van der Waals surface area (Å²) in [4.78, 5) is 21.8. The van der Waals surface area contributed by atoms with E-state index in [-0.39, 0.29) is 28.6 Å². The van der Waals surface area contributed by atoms with Crippen LogP contribution in [0, 0.1) is 10.1 Å². The van der Waals surface area contributed by atoms with Crippen molar-refractivity contribution in [2.75, 3.05) is 10.6 Å². The largest absolute Gasteiger partial charge is 0.508 e. The molecule has 2 aromatic carbocycles. The van der Waals surface area contributed by atoms with Crippen LogP contribution in [0.1, 0.15) is 0 Å². The Bertz CT molecular complexity index is 682. The van der Waals surface area contributed by atoms with Crippen molar-refractivity contribution in [1.82, 2.24) is 0 Å². The smallest absolute Gasteiger partial charge is 0.323 e. The van der Waals surface area contributed by atoms with Gasteiger partial charge in [-0.15, -0.1) is 0 Å². The van der Waals surface area contributed by atoms with Crippen LogP contribution in [0.4, 0.5) is 21.9 Å². The summed E-state index contributed by atoms with van der Waals surface area (Å²) in [7, 11) is 0. The van der Waals surface area contributed by atoms with Crippen LogP contribution in [0.2, 0.25) is 0 Å². The first-order chi connectivity index (χ1) is 9.94. The molecule has 0 aliphatic heterocycles. The van der Waals surface area contributed by atoms with Crippen molar-refractivity contribution in [1.29, 1.82) is 0 Å². The maximum Gasteiger partial charge on any atom is 0.323 e. The Balaban J connectivity index is 2.08. The molecule has 8 heteroatoms. The Hall–Kier alpha value is -3.29. The number of carbonyl (C=O) groups is 1. The van der Waals surface area contributed by atoms with Crippen LogP contribution >= 0.6 is 0 Å². The van der Waals surface area contributed by atoms with E-state index in [0.29, 0.717) is 0 Å². The number of amides is 2. The molecule has 108 valence electrons. The molecule has 0 fully saturated rings. The van der Waals surface area contributed by atoms with Crippen LogP contribution in [0.15, 0.2) is 42.5 Å². The Morgan fingerprint density at radius 1 is 1.00 bits per heavy atom. The molecule has 0 spiro atoms. The number of phenols is 2. The van der Waals surface area contributed by atoms with Crippen molar-refractivity contribution in [2.24, 2.45) is 0 Å². The fourth-order valence-electron chi connectivity index (χ4n) is 1.66. The summed E-state index contributed by atoms with van der Waals surface area (Å²) >= 11 is 0. The van der Waals surface area contributed by atoms with E-state index in [9.17, 15) is 25.1 Å². The molecule has 0 unspecified atom stereocenters. The third kappa shape index (κ3) is 3.83. The Labute approximate surface area is 118 Å². The Kier molecular flexibility index (Phi) is 3.89. The molecule has 0 aliphatic carbocycles. The van der Waals surface area contributed by atoms with Crippen LogP contribution in [-0.2, 0) is 0 Å². The first-order valence-electron chi connectivity index (χ1n) is 5.79. The molecule has 21 heavy (non-hydrogen) atoms. The van der Waals surface area contributed by atoms with Gasteiger partial charge in [0.2, 0.25) is 0 Å². The summed E-state index contributed by atoms with van der Waals surface area (Å²) < 4.78 is 0. The summed E-state index contributed by atoms with van der Waals surface area (Å²) in [6, 6.07) is 8.37. The number of hydrogen-bond acceptors (Lipinski definition) is 5. The number of nitrogens with zero attached hydrogens (tertiary/aromatic N) is 1. The van der Waals surface area contributed by atoms with Crippen molar-refractivity contribution in [3.05, 3.63) is 52.6 Å². The number of hydrogen-bond donors (Lipinski definition) is 4. The van der Waals surface area contributed by atoms with Crippen LogP contribution in [0.25, 0.3) is 0 Å². The van der Waals surface area contributed by atoms with E-state index >= 15 is 0 Å². The van der Waals surface area contributed by atoms with Gasteiger partial charge in [-0.05, 0) is 6.07 Å². The van der Waals surface area contributed by atoms with Crippen molar-refractivity contribution < 1.29 is 19.9 Å². The van der Waals surface area contributed by atoms with Gasteiger partial charge >= 0.3 is 6.03 Å². The molecular formula is C13H11N3O5. The SMILES string of the molecule is O=C(Nc1cc(O)cc(O)c1)Nc1cccc([N+](=O)[O-])c1. The molecule has 8 nitrogen and oxygen atoms in total. The number of phenolic OH excluding ortho intramolecular Hbond substituents is 2. The van der Waals surface area contributed by atoms with E-state index < -0.39 is 11.0 Å². The van der Waals surface area contributed by atoms with Crippen LogP contribution < -0.4 is 10.6 Å². The number of urea groups is 1. The second-order valence-electron chi connectivity index (χ2n) is 4.12. The van der Waals surface area contributed by atoms with Gasteiger partial charge in [0.05, 0.1) is 4.92 Å². The highest BCUT2D eigenvalue weighted by Gasteiger charge is 2.09. The van der Waals surface area contributed by atoms with Crippen LogP contribution in [-0.4, -0.2) is 21.2 Å². The lowest BCUT2D eigenvalue weighted by Gasteiger charge is -2.08. The van der Waals surface area contributed by atoms with Crippen molar-refractivity contribution in [2.45, 2.75) is 0 Å². The zero-order valence-electron chi connectivity index (χ0n) is 10.6. The number of rotatable bonds is 3. The highest BCUT2D eigenvalue weighted by molar-refractivity contribution is 6.00. The van der Waals surface area contributed by atoms with E-state index in [0.717, 1.165) is 6.07 Å². The number of non-ortho nitro benzene ring substituents is 1. The van der Waals surface area contributed by atoms with Gasteiger partial charge in [0, 0.05) is 41.7 Å². The minimum atomic E-state index is -0.666. The summed E-state index contributed by atoms with van der Waals surface area (Å²) in [5.41, 5.74) is 0.268. The van der Waals surface area contributed by atoms with Gasteiger partial charge in [-0.3, -0.25) is 10.1 Å². The van der Waals surface area contributed by atoms with E-state index in [1.807, 2.05) is 0 Å². The van der Waals surface area contributed by atoms with Gasteiger partial charge < -0.3 is 20.8 Å². The topological polar surface area (TPSA) is 125 Å². The molecule has 2 aromatic rings. The fraction of sp³-hybridized carbons (Fsp3) is 0. The van der Waals surface area contributed by atoms with E-state index in [1.165, 1.54) is 36.4 Å². The lowest BCUT2D eigenvalue weighted by molar-refractivity contribution is -0.384. The van der Waals surface area contributed by atoms with Crippen LogP contribution in [0.5, 0.6) is 11.5 Å². The molecule has 0 aliphatic rings. The Morgan fingerprint density at radius 2 is 1.62 bits per heavy atom. The van der Waals surface area contributed by atoms with Crippen molar-refractivity contribution in [3.8, 4) is 11.5 Å². The lowest BCUT2D eigenvalue weighted by Crippen LogP contribution is -2.19. The quantitative estimate of drug-likeness (QED) is 0.510. The molecule has 0 radical (unpaired) electrons. The molecule has 2 rings (SSSR count). The minimum Gasteiger partial charge on any atom is -0.508 e. The van der Waals surface area contributed by atoms with Gasteiger partial charge in [0.15, 0.2) is 0 Å². The molecule has 0 aromatic heterocycles. The predicted octanol–water partition coefficient (Wildman–Crippen LogP) is 2.65. The number of nitrogens with one attached hydrogen (secondary N) is 2. The second-order valence-corrected chi connectivity index (χ2v) is 4.12. The standard InChI is InChI=1S/C13H11N3O5/c17-11-5-9(6-12(18)7-11)15-13(19)14-8-2-1-3-10(4-8)16(20)21/h1-7,17-18H,(H2,14,15,19). The van der Waals surface area contributed by atoms with E-state index in [4.69, 9.17) is 0 Å². The van der Waals surface area contributed by atoms with E-state index in [2.05, 4.69) is 10.6 Å². The average Bonchev–Trinajstić information content (AvgIpc) is 2.37. The predicted molar refractivity (Wildman–Crippen MR) is 75.5 cm³/mol. The normalized spacial score (nSPS) is 9.90. The van der Waals surface area contributed by atoms with Crippen LogP contribution in [0.3, 0.4) is 0 Å². The summed E-state index contributed by atoms with van der Waals surface area (Å²) in [6.45, 7) is 0. The van der Waals surface area contributed by atoms with Gasteiger partial charge in [-0.25, -0.2) is 4.79 Å². The fourth-order valence-corrected chi connectivity index (χ4v) is 1.66. The molecule has 0 atom stereocenters. The van der Waals surface area contributed by atoms with E-state index in [1.54, 1.807) is 0 Å². The number of carbonyl (C=O) groups excluding carboxylic acids is 1. The number of nitro benzene ring substituents is 1. The van der Waals surface area contributed by atoms with Gasteiger partial charge in [-0.1, -0.05) is 6.07 Å². The van der Waals surface area contributed by atoms with Gasteiger partial charge in [0.1, 0.15) is 11.5 Å². The zero-order valence-corrected chi connectivity index (χ0v) is 10.6. The summed E-state index contributed by atoms with van der Waals surface area (Å²) in [6.07, 6.45) is 0. The van der Waals surface area contributed by atoms with Gasteiger partial charge in [0.25, 0.3) is 5.69 Å². The summed E-state index contributed by atoms with van der Waals surface area (Å²) in [5.74, 6) is -0.415. The molecule has 4 N–H and O–H groups in total. The lowest BCUT2D eigenvalue weighted by atomic mass is 10.2. The highest BCUT2D eigenvalue weighted by Crippen LogP contribution is 2.24. The zero-order chi connectivity index (χ0) is 15.4. The molecule has 0 heterocycles. The maximum absolute atomic E-state index is 11.7. The molecular weight excluding hydrogens is 278 g/mol. The monoisotopic (exact) mass is 289 g/mol. The van der Waals surface area contributed by atoms with Gasteiger partial charge in [-0.2, -0.15) is 0 Å². The molecule has 2 amide bonds. The highest BCUT2D eigenvalue weighted by atomic mass is 16.6. The number of nitro groups is 1. The summed E-state index contributed by atoms with van der Waals surface area (Å²) in [5, 5.41) is 34.0. The maximum atomic E-state index is 11.7. The minimum absolute atomic E-state index is 0.150. The van der Waals surface area contributed by atoms with Crippen molar-refractivity contribution >= 4 is 23.1 Å². The average molecular weight is 289 g/mol.